The van der Waals surface area contributed by atoms with Crippen molar-refractivity contribution in [1.82, 2.24) is 4.57 Å². The topological polar surface area (TPSA) is 4.93 Å². The summed E-state index contributed by atoms with van der Waals surface area (Å²) in [4.78, 5) is 0. The van der Waals surface area contributed by atoms with Gasteiger partial charge in [0, 0.05) is 22.4 Å². The molecule has 0 radical (unpaired) electrons. The Morgan fingerprint density at radius 1 is 1.70 bits per heavy atom. The SMILES string of the molecule is Cc1cccn1CC(C)I. The quantitative estimate of drug-likeness (QED) is 0.561. The van der Waals surface area contributed by atoms with Crippen LogP contribution in [0.2, 0.25) is 0 Å². The molecular formula is C8H12IN. The average Bonchev–Trinajstić information content (AvgIpc) is 2.15. The van der Waals surface area contributed by atoms with Crippen molar-refractivity contribution in [1.29, 1.82) is 0 Å². The normalized spacial score (nSPS) is 13.5. The molecule has 2 heteroatoms. The van der Waals surface area contributed by atoms with Gasteiger partial charge in [0.1, 0.15) is 0 Å². The van der Waals surface area contributed by atoms with Crippen molar-refractivity contribution in [3.05, 3.63) is 24.0 Å². The lowest BCUT2D eigenvalue weighted by Gasteiger charge is -2.06. The summed E-state index contributed by atoms with van der Waals surface area (Å²) in [5.74, 6) is 0. The number of halogens is 1. The first-order chi connectivity index (χ1) is 4.70. The second kappa shape index (κ2) is 3.42. The first kappa shape index (κ1) is 8.11. The maximum Gasteiger partial charge on any atom is 0.0337 e. The Hall–Kier alpha value is 0.0100. The zero-order chi connectivity index (χ0) is 7.56. The number of hydrogen-bond donors (Lipinski definition) is 0. The fraction of sp³-hybridized carbons (Fsp3) is 0.500. The van der Waals surface area contributed by atoms with Crippen LogP contribution in [0.3, 0.4) is 0 Å². The summed E-state index contributed by atoms with van der Waals surface area (Å²) in [6.07, 6.45) is 2.13. The number of alkyl halides is 1. The monoisotopic (exact) mass is 249 g/mol. The molecule has 0 fully saturated rings. The van der Waals surface area contributed by atoms with Crippen LogP contribution in [0.25, 0.3) is 0 Å². The molecule has 1 nitrogen and oxygen atoms in total. The van der Waals surface area contributed by atoms with Gasteiger partial charge in [0.15, 0.2) is 0 Å². The van der Waals surface area contributed by atoms with Gasteiger partial charge in [0.2, 0.25) is 0 Å². The molecule has 56 valence electrons. The van der Waals surface area contributed by atoms with E-state index < -0.39 is 0 Å². The van der Waals surface area contributed by atoms with Gasteiger partial charge in [-0.15, -0.1) is 0 Å². The van der Waals surface area contributed by atoms with Crippen LogP contribution < -0.4 is 0 Å². The Kier molecular flexibility index (Phi) is 2.77. The van der Waals surface area contributed by atoms with Crippen molar-refractivity contribution >= 4 is 22.6 Å². The van der Waals surface area contributed by atoms with E-state index in [0.717, 1.165) is 6.54 Å². The predicted molar refractivity (Wildman–Crippen MR) is 52.7 cm³/mol. The lowest BCUT2D eigenvalue weighted by atomic mass is 10.4. The lowest BCUT2D eigenvalue weighted by Crippen LogP contribution is -2.05. The van der Waals surface area contributed by atoms with Crippen molar-refractivity contribution < 1.29 is 0 Å². The maximum absolute atomic E-state index is 2.44. The molecule has 1 aromatic heterocycles. The van der Waals surface area contributed by atoms with Crippen molar-refractivity contribution in [2.45, 2.75) is 24.3 Å². The molecule has 0 spiro atoms. The summed E-state index contributed by atoms with van der Waals surface area (Å²) in [6.45, 7) is 5.48. The van der Waals surface area contributed by atoms with Crippen molar-refractivity contribution in [3.8, 4) is 0 Å². The van der Waals surface area contributed by atoms with Crippen molar-refractivity contribution in [3.63, 3.8) is 0 Å². The van der Waals surface area contributed by atoms with Gasteiger partial charge < -0.3 is 4.57 Å². The molecule has 1 atom stereocenters. The van der Waals surface area contributed by atoms with Gasteiger partial charge >= 0.3 is 0 Å². The Morgan fingerprint density at radius 2 is 2.40 bits per heavy atom. The van der Waals surface area contributed by atoms with E-state index in [1.54, 1.807) is 0 Å². The van der Waals surface area contributed by atoms with Crippen LogP contribution in [0.4, 0.5) is 0 Å². The third kappa shape index (κ3) is 2.01. The predicted octanol–water partition coefficient (Wildman–Crippen LogP) is 2.62. The van der Waals surface area contributed by atoms with Gasteiger partial charge in [-0.05, 0) is 19.1 Å². The number of rotatable bonds is 2. The molecule has 1 heterocycles. The zero-order valence-corrected chi connectivity index (χ0v) is 8.50. The second-order valence-corrected chi connectivity index (χ2v) is 4.71. The molecule has 0 amide bonds. The molecule has 1 rings (SSSR count). The van der Waals surface area contributed by atoms with Crippen LogP contribution in [0.1, 0.15) is 12.6 Å². The largest absolute Gasteiger partial charge is 0.351 e. The summed E-state index contributed by atoms with van der Waals surface area (Å²) in [5.41, 5.74) is 1.35. The van der Waals surface area contributed by atoms with E-state index in [1.165, 1.54) is 5.69 Å². The fourth-order valence-electron chi connectivity index (χ4n) is 0.975. The van der Waals surface area contributed by atoms with E-state index in [0.29, 0.717) is 3.92 Å². The standard InChI is InChI=1S/C8H12IN/c1-7(9)6-10-5-3-4-8(10)2/h3-5,7H,6H2,1-2H3. The van der Waals surface area contributed by atoms with Crippen LogP contribution in [-0.4, -0.2) is 8.49 Å². The molecule has 0 aliphatic carbocycles. The zero-order valence-electron chi connectivity index (χ0n) is 6.34. The molecule has 0 bridgehead atoms. The minimum absolute atomic E-state index is 0.712. The number of nitrogens with zero attached hydrogens (tertiary/aromatic N) is 1. The minimum Gasteiger partial charge on any atom is -0.351 e. The number of aryl methyl sites for hydroxylation is 1. The van der Waals surface area contributed by atoms with Crippen LogP contribution in [0.5, 0.6) is 0 Å². The maximum atomic E-state index is 2.44. The summed E-state index contributed by atoms with van der Waals surface area (Å²) >= 11 is 2.44. The van der Waals surface area contributed by atoms with Gasteiger partial charge in [0.25, 0.3) is 0 Å². The van der Waals surface area contributed by atoms with Gasteiger partial charge in [-0.25, -0.2) is 0 Å². The number of aromatic nitrogens is 1. The van der Waals surface area contributed by atoms with Gasteiger partial charge in [-0.1, -0.05) is 29.5 Å². The second-order valence-electron chi connectivity index (χ2n) is 2.58. The highest BCUT2D eigenvalue weighted by Crippen LogP contribution is 2.06. The van der Waals surface area contributed by atoms with Crippen LogP contribution in [0, 0.1) is 6.92 Å². The van der Waals surface area contributed by atoms with Crippen molar-refractivity contribution in [2.24, 2.45) is 0 Å². The number of hydrogen-bond acceptors (Lipinski definition) is 0. The molecular weight excluding hydrogens is 237 g/mol. The van der Waals surface area contributed by atoms with Gasteiger partial charge in [0.05, 0.1) is 0 Å². The summed E-state index contributed by atoms with van der Waals surface area (Å²) in [6, 6.07) is 4.23. The first-order valence-corrected chi connectivity index (χ1v) is 4.70. The van der Waals surface area contributed by atoms with E-state index in [1.807, 2.05) is 0 Å². The Balaban J connectivity index is 2.65. The smallest absolute Gasteiger partial charge is 0.0337 e. The Bertz CT molecular complexity index is 203. The van der Waals surface area contributed by atoms with Crippen LogP contribution >= 0.6 is 22.6 Å². The third-order valence-corrected chi connectivity index (χ3v) is 1.90. The molecule has 10 heavy (non-hydrogen) atoms. The third-order valence-electron chi connectivity index (χ3n) is 1.50. The Morgan fingerprint density at radius 3 is 2.80 bits per heavy atom. The van der Waals surface area contributed by atoms with E-state index in [9.17, 15) is 0 Å². The minimum atomic E-state index is 0.712. The van der Waals surface area contributed by atoms with E-state index in [4.69, 9.17) is 0 Å². The molecule has 0 N–H and O–H groups in total. The van der Waals surface area contributed by atoms with E-state index in [2.05, 4.69) is 59.3 Å². The molecule has 0 aliphatic heterocycles. The average molecular weight is 249 g/mol. The molecule has 1 aromatic rings. The first-order valence-electron chi connectivity index (χ1n) is 3.46. The molecule has 0 aromatic carbocycles. The molecule has 0 saturated heterocycles. The molecule has 0 aliphatic rings. The summed E-state index contributed by atoms with van der Waals surface area (Å²) in [7, 11) is 0. The van der Waals surface area contributed by atoms with E-state index in [-0.39, 0.29) is 0 Å². The van der Waals surface area contributed by atoms with E-state index >= 15 is 0 Å². The van der Waals surface area contributed by atoms with Gasteiger partial charge in [-0.2, -0.15) is 0 Å². The van der Waals surface area contributed by atoms with Crippen molar-refractivity contribution in [2.75, 3.05) is 0 Å². The van der Waals surface area contributed by atoms with Crippen LogP contribution in [0.15, 0.2) is 18.3 Å². The highest BCUT2D eigenvalue weighted by Gasteiger charge is 1.98. The molecule has 1 unspecified atom stereocenters. The fourth-order valence-corrected chi connectivity index (χ4v) is 1.40. The summed E-state index contributed by atoms with van der Waals surface area (Å²) in [5, 5.41) is 0. The molecule has 0 saturated carbocycles. The Labute approximate surface area is 75.6 Å². The van der Waals surface area contributed by atoms with Crippen LogP contribution in [-0.2, 0) is 6.54 Å². The highest BCUT2D eigenvalue weighted by atomic mass is 127. The lowest BCUT2D eigenvalue weighted by molar-refractivity contribution is 0.692. The highest BCUT2D eigenvalue weighted by molar-refractivity contribution is 14.1. The van der Waals surface area contributed by atoms with Gasteiger partial charge in [-0.3, -0.25) is 0 Å². The summed E-state index contributed by atoms with van der Waals surface area (Å²) < 4.78 is 2.99.